The van der Waals surface area contributed by atoms with Crippen LogP contribution in [0.4, 0.5) is 22.0 Å². The lowest BCUT2D eigenvalue weighted by molar-refractivity contribution is -0.00200. The van der Waals surface area contributed by atoms with Crippen LogP contribution in [0.2, 0.25) is 0 Å². The number of ether oxygens (including phenoxy) is 3. The molecule has 0 radical (unpaired) electrons. The molecule has 0 aliphatic carbocycles. The molecule has 0 spiro atoms. The Morgan fingerprint density at radius 3 is 2.56 bits per heavy atom. The summed E-state index contributed by atoms with van der Waals surface area (Å²) in [6, 6.07) is 16.6. The summed E-state index contributed by atoms with van der Waals surface area (Å²) in [5.74, 6) is 0.647. The van der Waals surface area contributed by atoms with E-state index in [-0.39, 0.29) is 12.1 Å². The summed E-state index contributed by atoms with van der Waals surface area (Å²) in [5.41, 5.74) is 5.50. The number of carbonyl (C=O) groups excluding carboxylic acids is 1. The van der Waals surface area contributed by atoms with E-state index in [1.807, 2.05) is 48.3 Å². The van der Waals surface area contributed by atoms with Gasteiger partial charge in [-0.05, 0) is 43.0 Å². The van der Waals surface area contributed by atoms with Gasteiger partial charge in [-0.3, -0.25) is 14.9 Å². The normalized spacial score (nSPS) is 14.4. The quantitative estimate of drug-likeness (QED) is 0.198. The molecule has 1 amide bonds. The average Bonchev–Trinajstić information content (AvgIpc) is 3.62. The SMILES string of the molecule is CCc1c(NC(=O)OC2CCN(C(COC)COC)CC2)cn2ncnc(Nc3ccc4c(cnn4Cc4ccccc4)c3)c12. The number of amides is 1. The number of nitrogens with one attached hydrogen (secondary N) is 2. The number of anilines is 3. The molecule has 5 aromatic rings. The molecule has 1 aliphatic heterocycles. The number of carbonyl (C=O) groups is 1. The fraction of sp³-hybridized carbons (Fsp3) is 0.394. The Bertz CT molecular complexity index is 1720. The molecular formula is C33H40N8O4. The molecule has 1 saturated heterocycles. The van der Waals surface area contributed by atoms with E-state index in [4.69, 9.17) is 14.2 Å². The van der Waals surface area contributed by atoms with Crippen molar-refractivity contribution >= 4 is 39.7 Å². The van der Waals surface area contributed by atoms with Gasteiger partial charge in [0.25, 0.3) is 0 Å². The van der Waals surface area contributed by atoms with Crippen molar-refractivity contribution in [3.05, 3.63) is 78.4 Å². The Balaban J connectivity index is 1.13. The van der Waals surface area contributed by atoms with Crippen molar-refractivity contribution in [2.24, 2.45) is 0 Å². The summed E-state index contributed by atoms with van der Waals surface area (Å²) in [4.78, 5) is 19.9. The predicted octanol–water partition coefficient (Wildman–Crippen LogP) is 5.11. The first-order chi connectivity index (χ1) is 22.1. The van der Waals surface area contributed by atoms with Crippen LogP contribution < -0.4 is 10.6 Å². The summed E-state index contributed by atoms with van der Waals surface area (Å²) in [6.07, 6.45) is 6.74. The van der Waals surface area contributed by atoms with Crippen molar-refractivity contribution < 1.29 is 19.0 Å². The lowest BCUT2D eigenvalue weighted by Crippen LogP contribution is -2.47. The zero-order valence-corrected chi connectivity index (χ0v) is 26.0. The van der Waals surface area contributed by atoms with Gasteiger partial charge >= 0.3 is 6.09 Å². The minimum atomic E-state index is -0.468. The van der Waals surface area contributed by atoms with Crippen LogP contribution in [0.25, 0.3) is 16.4 Å². The van der Waals surface area contributed by atoms with E-state index in [9.17, 15) is 4.79 Å². The third kappa shape index (κ3) is 6.93. The molecule has 1 fully saturated rings. The summed E-state index contributed by atoms with van der Waals surface area (Å²) in [5, 5.41) is 16.5. The zero-order chi connectivity index (χ0) is 31.2. The van der Waals surface area contributed by atoms with E-state index in [1.165, 1.54) is 11.9 Å². The van der Waals surface area contributed by atoms with Gasteiger partial charge in [0.15, 0.2) is 5.82 Å². The van der Waals surface area contributed by atoms with Crippen molar-refractivity contribution in [3.63, 3.8) is 0 Å². The molecule has 4 heterocycles. The topological polar surface area (TPSA) is 120 Å². The van der Waals surface area contributed by atoms with E-state index < -0.39 is 6.09 Å². The third-order valence-electron chi connectivity index (χ3n) is 8.33. The standard InChI is InChI=1S/C33H40N8O4/c1-4-28-29(38-33(42)45-27-12-14-39(15-13-27)26(20-43-2)21-44-3)19-41-31(28)32(34-22-36-41)37-25-10-11-30-24(16-25)17-35-40(30)18-23-8-6-5-7-9-23/h5-11,16-17,19,22,26-27H,4,12-15,18,20-21H2,1-3H3,(H,38,42)(H,34,36,37). The predicted molar refractivity (Wildman–Crippen MR) is 173 cm³/mol. The summed E-state index contributed by atoms with van der Waals surface area (Å²) in [6.45, 7) is 5.59. The van der Waals surface area contributed by atoms with E-state index in [2.05, 4.69) is 55.0 Å². The van der Waals surface area contributed by atoms with Crippen LogP contribution in [0, 0.1) is 0 Å². The molecular weight excluding hydrogens is 572 g/mol. The summed E-state index contributed by atoms with van der Waals surface area (Å²) in [7, 11) is 3.40. The first-order valence-corrected chi connectivity index (χ1v) is 15.4. The van der Waals surface area contributed by atoms with Crippen LogP contribution >= 0.6 is 0 Å². The smallest absolute Gasteiger partial charge is 0.411 e. The fourth-order valence-corrected chi connectivity index (χ4v) is 6.11. The molecule has 0 atom stereocenters. The Hall–Kier alpha value is -4.52. The number of methoxy groups -OCH3 is 2. The van der Waals surface area contributed by atoms with E-state index in [1.54, 1.807) is 18.7 Å². The maximum Gasteiger partial charge on any atom is 0.411 e. The monoisotopic (exact) mass is 612 g/mol. The van der Waals surface area contributed by atoms with Crippen molar-refractivity contribution in [2.45, 2.75) is 44.9 Å². The molecule has 12 heteroatoms. The van der Waals surface area contributed by atoms with Crippen molar-refractivity contribution in [3.8, 4) is 0 Å². The number of aryl methyl sites for hydroxylation is 1. The molecule has 45 heavy (non-hydrogen) atoms. The van der Waals surface area contributed by atoms with Crippen molar-refractivity contribution in [2.75, 3.05) is 51.2 Å². The Morgan fingerprint density at radius 1 is 1.04 bits per heavy atom. The molecule has 6 rings (SSSR count). The van der Waals surface area contributed by atoms with Crippen LogP contribution in [0.5, 0.6) is 0 Å². The first-order valence-electron chi connectivity index (χ1n) is 15.4. The Morgan fingerprint density at radius 2 is 1.82 bits per heavy atom. The van der Waals surface area contributed by atoms with E-state index >= 15 is 0 Å². The number of rotatable bonds is 12. The molecule has 12 nitrogen and oxygen atoms in total. The van der Waals surface area contributed by atoms with E-state index in [0.29, 0.717) is 37.7 Å². The van der Waals surface area contributed by atoms with Crippen molar-refractivity contribution in [1.29, 1.82) is 0 Å². The lowest BCUT2D eigenvalue weighted by atomic mass is 10.1. The number of piperidine rings is 1. The van der Waals surface area contributed by atoms with Crippen LogP contribution in [0.3, 0.4) is 0 Å². The van der Waals surface area contributed by atoms with Crippen LogP contribution in [-0.2, 0) is 27.2 Å². The van der Waals surface area contributed by atoms with Gasteiger partial charge in [-0.2, -0.15) is 10.2 Å². The second kappa shape index (κ2) is 14.1. The molecule has 236 valence electrons. The second-order valence-corrected chi connectivity index (χ2v) is 11.3. The molecule has 0 saturated carbocycles. The maximum absolute atomic E-state index is 13.0. The number of likely N-dealkylation sites (tertiary alicyclic amines) is 1. The van der Waals surface area contributed by atoms with Gasteiger partial charge < -0.3 is 19.5 Å². The van der Waals surface area contributed by atoms with Gasteiger partial charge in [0.1, 0.15) is 17.9 Å². The first kappa shape index (κ1) is 30.5. The molecule has 0 unspecified atom stereocenters. The van der Waals surface area contributed by atoms with Gasteiger partial charge in [0, 0.05) is 43.9 Å². The molecule has 0 bridgehead atoms. The van der Waals surface area contributed by atoms with Crippen LogP contribution in [0.15, 0.2) is 67.3 Å². The second-order valence-electron chi connectivity index (χ2n) is 11.3. The summed E-state index contributed by atoms with van der Waals surface area (Å²) < 4.78 is 20.3. The number of benzene rings is 2. The van der Waals surface area contributed by atoms with Gasteiger partial charge in [0.05, 0.1) is 49.4 Å². The largest absolute Gasteiger partial charge is 0.446 e. The minimum Gasteiger partial charge on any atom is -0.446 e. The lowest BCUT2D eigenvalue weighted by Gasteiger charge is -2.36. The summed E-state index contributed by atoms with van der Waals surface area (Å²) >= 11 is 0. The van der Waals surface area contributed by atoms with Gasteiger partial charge in [-0.15, -0.1) is 0 Å². The average molecular weight is 613 g/mol. The molecule has 2 aromatic carbocycles. The van der Waals surface area contributed by atoms with Gasteiger partial charge in [-0.25, -0.2) is 14.3 Å². The Kier molecular flexibility index (Phi) is 9.53. The van der Waals surface area contributed by atoms with Crippen molar-refractivity contribution in [1.82, 2.24) is 29.3 Å². The van der Waals surface area contributed by atoms with Crippen LogP contribution in [0.1, 0.15) is 30.9 Å². The molecule has 1 aliphatic rings. The maximum atomic E-state index is 13.0. The fourth-order valence-electron chi connectivity index (χ4n) is 6.11. The highest BCUT2D eigenvalue weighted by Gasteiger charge is 2.27. The van der Waals surface area contributed by atoms with Gasteiger partial charge in [0.2, 0.25) is 0 Å². The van der Waals surface area contributed by atoms with Crippen LogP contribution in [-0.4, -0.2) is 88.0 Å². The Labute approximate surface area is 262 Å². The number of nitrogens with zero attached hydrogens (tertiary/aromatic N) is 6. The number of hydrogen-bond acceptors (Lipinski definition) is 9. The molecule has 3 aromatic heterocycles. The number of hydrogen-bond donors (Lipinski definition) is 2. The number of fused-ring (bicyclic) bond motifs is 2. The highest BCUT2D eigenvalue weighted by atomic mass is 16.6. The zero-order valence-electron chi connectivity index (χ0n) is 26.0. The number of aromatic nitrogens is 5. The highest BCUT2D eigenvalue weighted by Crippen LogP contribution is 2.31. The molecule has 2 N–H and O–H groups in total. The minimum absolute atomic E-state index is 0.155. The highest BCUT2D eigenvalue weighted by molar-refractivity contribution is 5.91. The van der Waals surface area contributed by atoms with Gasteiger partial charge in [-0.1, -0.05) is 37.3 Å². The third-order valence-corrected chi connectivity index (χ3v) is 8.33. The van der Waals surface area contributed by atoms with E-state index in [0.717, 1.165) is 53.6 Å².